The van der Waals surface area contributed by atoms with Crippen LogP contribution in [0.4, 0.5) is 22.9 Å². The number of hydrogen-bond acceptors (Lipinski definition) is 8. The van der Waals surface area contributed by atoms with Gasteiger partial charge in [-0.1, -0.05) is 11.6 Å². The number of methoxy groups -OCH3 is 1. The van der Waals surface area contributed by atoms with Gasteiger partial charge in [-0.25, -0.2) is 9.97 Å². The van der Waals surface area contributed by atoms with Crippen LogP contribution >= 0.6 is 11.6 Å². The standard InChI is InChI=1S/C25H25ClN6O3/c1-33-21-15-17(3-4-19(21)31-9-12-34-13-10-31)29-24-25-28-6-8-32(25)23(26)22(30-24)16-2-5-20-18(14-16)27-7-11-35-20/h2-6,8,14-15,27H,7,9-13H2,1H3,(H,29,30). The van der Waals surface area contributed by atoms with E-state index in [1.54, 1.807) is 13.3 Å². The molecular formula is C25H25ClN6O3. The highest BCUT2D eigenvalue weighted by molar-refractivity contribution is 6.32. The summed E-state index contributed by atoms with van der Waals surface area (Å²) in [5.74, 6) is 2.20. The number of nitrogens with one attached hydrogen (secondary N) is 2. The Morgan fingerprint density at radius 2 is 2.00 bits per heavy atom. The highest BCUT2D eigenvalue weighted by Gasteiger charge is 2.19. The van der Waals surface area contributed by atoms with Gasteiger partial charge in [0.2, 0.25) is 0 Å². The Hall–Kier alpha value is -3.69. The molecule has 1 fully saturated rings. The van der Waals surface area contributed by atoms with Gasteiger partial charge in [0.1, 0.15) is 29.0 Å². The van der Waals surface area contributed by atoms with Gasteiger partial charge in [-0.15, -0.1) is 0 Å². The molecule has 0 spiro atoms. The van der Waals surface area contributed by atoms with Gasteiger partial charge in [-0.3, -0.25) is 4.40 Å². The van der Waals surface area contributed by atoms with Gasteiger partial charge in [0.05, 0.1) is 31.7 Å². The molecule has 0 amide bonds. The van der Waals surface area contributed by atoms with Crippen LogP contribution in [0, 0.1) is 0 Å². The molecule has 0 aliphatic carbocycles. The largest absolute Gasteiger partial charge is 0.495 e. The monoisotopic (exact) mass is 492 g/mol. The van der Waals surface area contributed by atoms with E-state index in [-0.39, 0.29) is 0 Å². The maximum Gasteiger partial charge on any atom is 0.181 e. The minimum Gasteiger partial charge on any atom is -0.495 e. The summed E-state index contributed by atoms with van der Waals surface area (Å²) in [7, 11) is 1.68. The number of morpholine rings is 1. The van der Waals surface area contributed by atoms with E-state index in [4.69, 9.17) is 30.8 Å². The molecule has 4 aromatic rings. The fraction of sp³-hybridized carbons (Fsp3) is 0.280. The zero-order valence-corrected chi connectivity index (χ0v) is 20.0. The first-order valence-electron chi connectivity index (χ1n) is 11.5. The molecule has 0 radical (unpaired) electrons. The van der Waals surface area contributed by atoms with Crippen molar-refractivity contribution in [2.45, 2.75) is 0 Å². The second-order valence-electron chi connectivity index (χ2n) is 8.32. The summed E-state index contributed by atoms with van der Waals surface area (Å²) in [5.41, 5.74) is 4.97. The Morgan fingerprint density at radius 3 is 2.86 bits per heavy atom. The van der Waals surface area contributed by atoms with Crippen LogP contribution in [-0.4, -0.2) is 60.9 Å². The van der Waals surface area contributed by atoms with Crippen LogP contribution in [0.15, 0.2) is 48.8 Å². The minimum atomic E-state index is 0.486. The first-order valence-corrected chi connectivity index (χ1v) is 11.9. The topological polar surface area (TPSA) is 85.2 Å². The second-order valence-corrected chi connectivity index (χ2v) is 8.68. The lowest BCUT2D eigenvalue weighted by molar-refractivity contribution is 0.122. The maximum atomic E-state index is 6.78. The third-order valence-electron chi connectivity index (χ3n) is 6.21. The molecule has 0 atom stereocenters. The van der Waals surface area contributed by atoms with Crippen molar-refractivity contribution < 1.29 is 14.2 Å². The average molecular weight is 493 g/mol. The van der Waals surface area contributed by atoms with Gasteiger partial charge >= 0.3 is 0 Å². The number of aromatic nitrogens is 3. The van der Waals surface area contributed by atoms with Crippen molar-refractivity contribution in [3.05, 3.63) is 53.9 Å². The summed E-state index contributed by atoms with van der Waals surface area (Å²) in [6, 6.07) is 12.0. The number of imidazole rings is 1. The normalized spacial score (nSPS) is 15.3. The number of anilines is 4. The average Bonchev–Trinajstić information content (AvgIpc) is 3.41. The number of fused-ring (bicyclic) bond motifs is 2. The fourth-order valence-electron chi connectivity index (χ4n) is 4.47. The third kappa shape index (κ3) is 4.06. The molecule has 2 aromatic carbocycles. The second kappa shape index (κ2) is 9.16. The molecule has 180 valence electrons. The SMILES string of the molecule is COc1cc(Nc2nc(-c3ccc4c(c3)NCCO4)c(Cl)n3ccnc23)ccc1N1CCOCC1. The Kier molecular flexibility index (Phi) is 5.71. The third-order valence-corrected chi connectivity index (χ3v) is 6.57. The summed E-state index contributed by atoms with van der Waals surface area (Å²) in [5, 5.41) is 7.27. The molecule has 2 aliphatic heterocycles. The van der Waals surface area contributed by atoms with Crippen molar-refractivity contribution >= 4 is 40.1 Å². The lowest BCUT2D eigenvalue weighted by atomic mass is 10.1. The van der Waals surface area contributed by atoms with Crippen molar-refractivity contribution in [3.63, 3.8) is 0 Å². The molecule has 2 aromatic heterocycles. The molecule has 4 heterocycles. The molecule has 0 unspecified atom stereocenters. The van der Waals surface area contributed by atoms with Gasteiger partial charge in [0, 0.05) is 49.3 Å². The Balaban J connectivity index is 1.38. The van der Waals surface area contributed by atoms with Crippen molar-refractivity contribution in [2.24, 2.45) is 0 Å². The van der Waals surface area contributed by atoms with Crippen LogP contribution in [-0.2, 0) is 4.74 Å². The number of rotatable bonds is 5. The molecule has 10 heteroatoms. The van der Waals surface area contributed by atoms with Crippen LogP contribution in [0.1, 0.15) is 0 Å². The van der Waals surface area contributed by atoms with E-state index in [1.165, 1.54) is 0 Å². The molecule has 0 saturated carbocycles. The van der Waals surface area contributed by atoms with Crippen molar-refractivity contribution in [1.82, 2.24) is 14.4 Å². The van der Waals surface area contributed by atoms with Crippen LogP contribution in [0.25, 0.3) is 16.9 Å². The maximum absolute atomic E-state index is 6.78. The number of benzene rings is 2. The number of ether oxygens (including phenoxy) is 3. The molecule has 0 bridgehead atoms. The molecule has 9 nitrogen and oxygen atoms in total. The number of nitrogens with zero attached hydrogens (tertiary/aromatic N) is 4. The van der Waals surface area contributed by atoms with Gasteiger partial charge in [0.25, 0.3) is 0 Å². The highest BCUT2D eigenvalue weighted by atomic mass is 35.5. The van der Waals surface area contributed by atoms with Crippen LogP contribution in [0.2, 0.25) is 5.15 Å². The van der Waals surface area contributed by atoms with Gasteiger partial charge in [0.15, 0.2) is 11.5 Å². The smallest absolute Gasteiger partial charge is 0.181 e. The Bertz CT molecular complexity index is 1390. The molecule has 35 heavy (non-hydrogen) atoms. The summed E-state index contributed by atoms with van der Waals surface area (Å²) in [4.78, 5) is 11.6. The quantitative estimate of drug-likeness (QED) is 0.423. The predicted molar refractivity (Wildman–Crippen MR) is 137 cm³/mol. The molecule has 2 N–H and O–H groups in total. The first kappa shape index (κ1) is 21.8. The first-order chi connectivity index (χ1) is 17.2. The highest BCUT2D eigenvalue weighted by Crippen LogP contribution is 2.37. The van der Waals surface area contributed by atoms with Crippen LogP contribution < -0.4 is 25.0 Å². The number of hydrogen-bond donors (Lipinski definition) is 2. The van der Waals surface area contributed by atoms with E-state index in [9.17, 15) is 0 Å². The predicted octanol–water partition coefficient (Wildman–Crippen LogP) is 4.44. The van der Waals surface area contributed by atoms with Crippen molar-refractivity contribution in [2.75, 3.05) is 62.1 Å². The van der Waals surface area contributed by atoms with Crippen molar-refractivity contribution in [3.8, 4) is 22.8 Å². The summed E-state index contributed by atoms with van der Waals surface area (Å²) in [6.45, 7) is 4.49. The summed E-state index contributed by atoms with van der Waals surface area (Å²) in [6.07, 6.45) is 3.54. The summed E-state index contributed by atoms with van der Waals surface area (Å²) >= 11 is 6.78. The molecule has 6 rings (SSSR count). The van der Waals surface area contributed by atoms with E-state index in [2.05, 4.69) is 26.6 Å². The van der Waals surface area contributed by atoms with E-state index < -0.39 is 0 Å². The Morgan fingerprint density at radius 1 is 1.11 bits per heavy atom. The van der Waals surface area contributed by atoms with E-state index in [0.717, 1.165) is 53.8 Å². The zero-order valence-electron chi connectivity index (χ0n) is 19.3. The molecule has 2 aliphatic rings. The van der Waals surface area contributed by atoms with Gasteiger partial charge < -0.3 is 29.7 Å². The van der Waals surface area contributed by atoms with Gasteiger partial charge in [-0.05, 0) is 30.3 Å². The van der Waals surface area contributed by atoms with E-state index >= 15 is 0 Å². The van der Waals surface area contributed by atoms with E-state index in [1.807, 2.05) is 40.9 Å². The summed E-state index contributed by atoms with van der Waals surface area (Å²) < 4.78 is 18.7. The molecular weight excluding hydrogens is 468 g/mol. The van der Waals surface area contributed by atoms with Gasteiger partial charge in [-0.2, -0.15) is 0 Å². The lowest BCUT2D eigenvalue weighted by Crippen LogP contribution is -2.36. The van der Waals surface area contributed by atoms with Crippen LogP contribution in [0.5, 0.6) is 11.5 Å². The Labute approximate surface area is 207 Å². The lowest BCUT2D eigenvalue weighted by Gasteiger charge is -2.30. The number of halogens is 1. The minimum absolute atomic E-state index is 0.486. The zero-order chi connectivity index (χ0) is 23.8. The fourth-order valence-corrected chi connectivity index (χ4v) is 4.76. The van der Waals surface area contributed by atoms with E-state index in [0.29, 0.717) is 42.1 Å². The van der Waals surface area contributed by atoms with Crippen molar-refractivity contribution in [1.29, 1.82) is 0 Å². The molecule has 1 saturated heterocycles. The van der Waals surface area contributed by atoms with Crippen LogP contribution in [0.3, 0.4) is 0 Å².